The number of amides is 1. The molecule has 0 spiro atoms. The van der Waals surface area contributed by atoms with E-state index in [1.54, 1.807) is 44.1 Å². The zero-order chi connectivity index (χ0) is 32.6. The van der Waals surface area contributed by atoms with Crippen LogP contribution in [0.3, 0.4) is 0 Å². The molecule has 0 unspecified atom stereocenters. The number of carbonyl (C=O) groups excluding carboxylic acids is 1. The van der Waals surface area contributed by atoms with E-state index in [0.717, 1.165) is 17.5 Å². The van der Waals surface area contributed by atoms with Gasteiger partial charge in [0.25, 0.3) is 5.91 Å². The molecule has 46 heavy (non-hydrogen) atoms. The van der Waals surface area contributed by atoms with Gasteiger partial charge in [-0.1, -0.05) is 6.07 Å². The third kappa shape index (κ3) is 6.46. The van der Waals surface area contributed by atoms with Crippen molar-refractivity contribution in [2.24, 2.45) is 0 Å². The van der Waals surface area contributed by atoms with Crippen molar-refractivity contribution < 1.29 is 19.0 Å². The third-order valence-electron chi connectivity index (χ3n) is 8.37. The van der Waals surface area contributed by atoms with Gasteiger partial charge in [0.15, 0.2) is 23.1 Å². The first-order valence-electron chi connectivity index (χ1n) is 15.2. The number of aliphatic hydroxyl groups is 1. The van der Waals surface area contributed by atoms with Crippen LogP contribution < -0.4 is 10.6 Å². The number of methoxy groups -OCH3 is 1. The quantitative estimate of drug-likeness (QED) is 0.176. The van der Waals surface area contributed by atoms with E-state index in [9.17, 15) is 14.3 Å². The first-order valence-corrected chi connectivity index (χ1v) is 15.2. The smallest absolute Gasteiger partial charge is 0.252 e. The number of nitrogens with zero attached hydrogens (tertiary/aromatic N) is 8. The topological polar surface area (TPSA) is 174 Å². The molecule has 0 radical (unpaired) electrons. The highest BCUT2D eigenvalue weighted by Crippen LogP contribution is 2.40. The van der Waals surface area contributed by atoms with E-state index in [1.165, 1.54) is 10.9 Å². The van der Waals surface area contributed by atoms with Gasteiger partial charge in [0.2, 0.25) is 0 Å². The third-order valence-corrected chi connectivity index (χ3v) is 8.37. The van der Waals surface area contributed by atoms with Crippen molar-refractivity contribution in [3.63, 3.8) is 0 Å². The number of ether oxygens (including phenoxy) is 1. The number of aryl methyl sites for hydroxylation is 1. The Morgan fingerprint density at radius 2 is 2.00 bits per heavy atom. The number of hydrogen-bond donors (Lipinski definition) is 4. The minimum atomic E-state index is -1.01. The molecule has 1 atom stereocenters. The van der Waals surface area contributed by atoms with Gasteiger partial charge in [-0.25, -0.2) is 28.7 Å². The average molecular weight is 632 g/mol. The molecule has 1 aliphatic rings. The molecule has 1 saturated carbocycles. The minimum Gasteiger partial charge on any atom is -0.389 e. The van der Waals surface area contributed by atoms with E-state index in [2.05, 4.69) is 36.0 Å². The van der Waals surface area contributed by atoms with Crippen molar-refractivity contribution in [3.8, 4) is 5.82 Å². The Morgan fingerprint density at radius 3 is 2.61 bits per heavy atom. The zero-order valence-corrected chi connectivity index (χ0v) is 26.5. The highest BCUT2D eigenvalue weighted by atomic mass is 19.1. The van der Waals surface area contributed by atoms with Crippen LogP contribution in [0.2, 0.25) is 0 Å². The maximum Gasteiger partial charge on any atom is 0.252 e. The summed E-state index contributed by atoms with van der Waals surface area (Å²) in [7, 11) is 1.57. The molecule has 5 heterocycles. The lowest BCUT2D eigenvalue weighted by atomic mass is 9.77. The number of nitrogens with one attached hydrogen (secondary N) is 3. The standard InChI is InChI=1S/C31H38FN11O3/c1-18-12-24(41-40-18)37-27-23-15-35-43(17-30(3,4)45)28(23)39-26(38-27)20-8-10-31(46-5,11-9-20)29(44)36-19(2)21-6-7-25(33-13-21)42-16-22(32)14-34-42/h6-7,12-16,19-20,45H,8-11,17H2,1-5H3,(H,36,44)(H2,37,38,39,40,41)/t19-,20-,31+/m0/s1. The van der Waals surface area contributed by atoms with Gasteiger partial charge in [0.1, 0.15) is 17.2 Å². The molecule has 6 rings (SSSR count). The van der Waals surface area contributed by atoms with Crippen LogP contribution in [-0.2, 0) is 16.1 Å². The van der Waals surface area contributed by atoms with Crippen molar-refractivity contribution in [3.05, 3.63) is 65.9 Å². The predicted molar refractivity (Wildman–Crippen MR) is 167 cm³/mol. The van der Waals surface area contributed by atoms with Gasteiger partial charge < -0.3 is 20.5 Å². The lowest BCUT2D eigenvalue weighted by molar-refractivity contribution is -0.148. The van der Waals surface area contributed by atoms with Gasteiger partial charge in [-0.2, -0.15) is 15.3 Å². The second-order valence-electron chi connectivity index (χ2n) is 12.6. The second-order valence-corrected chi connectivity index (χ2v) is 12.6. The Morgan fingerprint density at radius 1 is 1.22 bits per heavy atom. The number of aromatic nitrogens is 9. The van der Waals surface area contributed by atoms with E-state index in [1.807, 2.05) is 26.0 Å². The fraction of sp³-hybridized carbons (Fsp3) is 0.452. The Bertz CT molecular complexity index is 1830. The van der Waals surface area contributed by atoms with Crippen LogP contribution in [0, 0.1) is 12.7 Å². The van der Waals surface area contributed by atoms with Crippen LogP contribution >= 0.6 is 0 Å². The predicted octanol–water partition coefficient (Wildman–Crippen LogP) is 4.01. The monoisotopic (exact) mass is 631 g/mol. The number of H-pyrrole nitrogens is 1. The number of halogens is 1. The van der Waals surface area contributed by atoms with Gasteiger partial charge in [-0.15, -0.1) is 0 Å². The summed E-state index contributed by atoms with van der Waals surface area (Å²) >= 11 is 0. The largest absolute Gasteiger partial charge is 0.389 e. The van der Waals surface area contributed by atoms with Crippen molar-refractivity contribution in [2.45, 2.75) is 83.1 Å². The highest BCUT2D eigenvalue weighted by Gasteiger charge is 2.43. The summed E-state index contributed by atoms with van der Waals surface area (Å²) in [5, 5.41) is 33.3. The summed E-state index contributed by atoms with van der Waals surface area (Å²) in [4.78, 5) is 27.8. The molecule has 0 aliphatic heterocycles. The number of fused-ring (bicyclic) bond motifs is 1. The number of aromatic amines is 1. The van der Waals surface area contributed by atoms with Crippen LogP contribution in [0.4, 0.5) is 16.0 Å². The number of anilines is 2. The molecule has 0 aromatic carbocycles. The van der Waals surface area contributed by atoms with E-state index in [0.29, 0.717) is 60.0 Å². The Hall–Kier alpha value is -4.76. The van der Waals surface area contributed by atoms with Crippen LogP contribution in [0.25, 0.3) is 16.9 Å². The summed E-state index contributed by atoms with van der Waals surface area (Å²) in [6.07, 6.45) is 7.89. The van der Waals surface area contributed by atoms with Crippen LogP contribution in [0.15, 0.2) is 43.0 Å². The Balaban J connectivity index is 1.18. The maximum absolute atomic E-state index is 13.6. The molecule has 1 aliphatic carbocycles. The average Bonchev–Trinajstić information content (AvgIpc) is 3.76. The molecule has 0 saturated heterocycles. The van der Waals surface area contributed by atoms with Crippen molar-refractivity contribution >= 4 is 28.6 Å². The molecular weight excluding hydrogens is 593 g/mol. The fourth-order valence-corrected chi connectivity index (χ4v) is 5.83. The lowest BCUT2D eigenvalue weighted by Gasteiger charge is -2.38. The molecular formula is C31H38FN11O3. The molecule has 5 aromatic rings. The molecule has 242 valence electrons. The number of rotatable bonds is 10. The SMILES string of the molecule is CO[C@]1(C(=O)N[C@@H](C)c2ccc(-n3cc(F)cn3)nc2)CC[C@H](c2nc(Nc3cc(C)[nH]n3)c3cnn(CC(C)(C)O)c3n2)CC1. The van der Waals surface area contributed by atoms with Crippen molar-refractivity contribution in [2.75, 3.05) is 12.4 Å². The van der Waals surface area contributed by atoms with E-state index in [-0.39, 0.29) is 24.4 Å². The molecule has 15 heteroatoms. The summed E-state index contributed by atoms with van der Waals surface area (Å²) in [5.74, 6) is 1.61. The van der Waals surface area contributed by atoms with E-state index < -0.39 is 17.0 Å². The van der Waals surface area contributed by atoms with Crippen molar-refractivity contribution in [1.29, 1.82) is 0 Å². The number of pyridine rings is 1. The second kappa shape index (κ2) is 12.2. The van der Waals surface area contributed by atoms with Crippen molar-refractivity contribution in [1.82, 2.24) is 50.0 Å². The molecule has 5 aromatic heterocycles. The molecule has 1 amide bonds. The van der Waals surface area contributed by atoms with E-state index in [4.69, 9.17) is 14.7 Å². The summed E-state index contributed by atoms with van der Waals surface area (Å²) in [5.41, 5.74) is 0.295. The molecule has 0 bridgehead atoms. The molecule has 4 N–H and O–H groups in total. The van der Waals surface area contributed by atoms with Gasteiger partial charge in [0, 0.05) is 31.0 Å². The highest BCUT2D eigenvalue weighted by molar-refractivity contribution is 5.88. The Kier molecular flexibility index (Phi) is 8.29. The molecule has 14 nitrogen and oxygen atoms in total. The summed E-state index contributed by atoms with van der Waals surface area (Å²) in [6.45, 7) is 7.50. The number of carbonyl (C=O) groups is 1. The molecule has 1 fully saturated rings. The van der Waals surface area contributed by atoms with Gasteiger partial charge >= 0.3 is 0 Å². The van der Waals surface area contributed by atoms with Gasteiger partial charge in [-0.3, -0.25) is 9.89 Å². The van der Waals surface area contributed by atoms with Crippen LogP contribution in [-0.4, -0.2) is 74.0 Å². The van der Waals surface area contributed by atoms with Gasteiger partial charge in [0.05, 0.1) is 42.2 Å². The Labute approximate surface area is 264 Å². The normalized spacial score (nSPS) is 19.3. The van der Waals surface area contributed by atoms with Gasteiger partial charge in [-0.05, 0) is 65.0 Å². The maximum atomic E-state index is 13.6. The minimum absolute atomic E-state index is 0.0336. The van der Waals surface area contributed by atoms with Crippen LogP contribution in [0.5, 0.6) is 0 Å². The first kappa shape index (κ1) is 31.2. The summed E-state index contributed by atoms with van der Waals surface area (Å²) in [6, 6.07) is 5.10. The fourth-order valence-electron chi connectivity index (χ4n) is 5.83. The lowest BCUT2D eigenvalue weighted by Crippen LogP contribution is -2.50. The zero-order valence-electron chi connectivity index (χ0n) is 26.5. The number of hydrogen-bond acceptors (Lipinski definition) is 10. The van der Waals surface area contributed by atoms with Crippen LogP contribution in [0.1, 0.15) is 75.5 Å². The first-order chi connectivity index (χ1) is 21.9. The summed E-state index contributed by atoms with van der Waals surface area (Å²) < 4.78 is 22.3. The van der Waals surface area contributed by atoms with E-state index >= 15 is 0 Å².